The molecule has 1 aromatic carbocycles. The standard InChI is InChI=1S/C12H12ClFO2/c1-12(11(15)16-2)4-3-8-9(12)5-7(14)6-10(8)13/h5-6H,3-4H2,1-2H3. The third-order valence-corrected chi connectivity index (χ3v) is 3.60. The number of hydrogen-bond donors (Lipinski definition) is 0. The summed E-state index contributed by atoms with van der Waals surface area (Å²) in [6.45, 7) is 1.76. The number of esters is 1. The monoisotopic (exact) mass is 242 g/mol. The van der Waals surface area contributed by atoms with Gasteiger partial charge in [-0.2, -0.15) is 0 Å². The van der Waals surface area contributed by atoms with Gasteiger partial charge in [-0.25, -0.2) is 4.39 Å². The Bertz CT molecular complexity index is 459. The van der Waals surface area contributed by atoms with Crippen molar-refractivity contribution in [3.05, 3.63) is 34.1 Å². The molecule has 1 aliphatic rings. The first-order chi connectivity index (χ1) is 7.49. The minimum atomic E-state index is -0.768. The van der Waals surface area contributed by atoms with Gasteiger partial charge in [0.1, 0.15) is 5.82 Å². The number of hydrogen-bond acceptors (Lipinski definition) is 2. The van der Waals surface area contributed by atoms with E-state index in [1.54, 1.807) is 6.92 Å². The van der Waals surface area contributed by atoms with Crippen molar-refractivity contribution >= 4 is 17.6 Å². The average molecular weight is 243 g/mol. The van der Waals surface area contributed by atoms with E-state index in [1.807, 2.05) is 0 Å². The molecule has 0 fully saturated rings. The van der Waals surface area contributed by atoms with E-state index in [0.717, 1.165) is 5.56 Å². The minimum Gasteiger partial charge on any atom is -0.468 e. The zero-order chi connectivity index (χ0) is 11.9. The molecule has 0 bridgehead atoms. The second kappa shape index (κ2) is 3.74. The van der Waals surface area contributed by atoms with Crippen LogP contribution >= 0.6 is 11.6 Å². The Balaban J connectivity index is 2.58. The summed E-state index contributed by atoms with van der Waals surface area (Å²) in [6, 6.07) is 2.66. The van der Waals surface area contributed by atoms with Gasteiger partial charge in [-0.05, 0) is 43.0 Å². The van der Waals surface area contributed by atoms with Gasteiger partial charge in [-0.3, -0.25) is 4.79 Å². The molecule has 0 heterocycles. The summed E-state index contributed by atoms with van der Waals surface area (Å²) in [5.41, 5.74) is 0.746. The van der Waals surface area contributed by atoms with Gasteiger partial charge < -0.3 is 4.74 Å². The first-order valence-electron chi connectivity index (χ1n) is 5.06. The van der Waals surface area contributed by atoms with E-state index in [0.29, 0.717) is 23.4 Å². The van der Waals surface area contributed by atoms with Gasteiger partial charge in [0, 0.05) is 5.02 Å². The quantitative estimate of drug-likeness (QED) is 0.708. The molecule has 16 heavy (non-hydrogen) atoms. The predicted octanol–water partition coefficient (Wildman–Crippen LogP) is 2.86. The lowest BCUT2D eigenvalue weighted by atomic mass is 9.84. The second-order valence-electron chi connectivity index (χ2n) is 4.24. The summed E-state index contributed by atoms with van der Waals surface area (Å²) in [6.07, 6.45) is 1.29. The van der Waals surface area contributed by atoms with E-state index in [4.69, 9.17) is 16.3 Å². The molecule has 0 N–H and O–H groups in total. The predicted molar refractivity (Wildman–Crippen MR) is 59.1 cm³/mol. The van der Waals surface area contributed by atoms with Crippen molar-refractivity contribution in [3.8, 4) is 0 Å². The van der Waals surface area contributed by atoms with Crippen LogP contribution in [0, 0.1) is 5.82 Å². The summed E-state index contributed by atoms with van der Waals surface area (Å²) in [4.78, 5) is 11.7. The number of benzene rings is 1. The maximum Gasteiger partial charge on any atom is 0.316 e. The maximum atomic E-state index is 13.3. The highest BCUT2D eigenvalue weighted by atomic mass is 35.5. The van der Waals surface area contributed by atoms with Crippen molar-refractivity contribution in [1.29, 1.82) is 0 Å². The number of methoxy groups -OCH3 is 1. The molecule has 4 heteroatoms. The van der Waals surface area contributed by atoms with Gasteiger partial charge in [-0.1, -0.05) is 11.6 Å². The Kier molecular flexibility index (Phi) is 2.66. The lowest BCUT2D eigenvalue weighted by Crippen LogP contribution is -2.31. The fraction of sp³-hybridized carbons (Fsp3) is 0.417. The summed E-state index contributed by atoms with van der Waals surface area (Å²) < 4.78 is 18.1. The molecule has 1 aromatic rings. The number of ether oxygens (including phenoxy) is 1. The van der Waals surface area contributed by atoms with Crippen LogP contribution in [0.3, 0.4) is 0 Å². The molecule has 0 radical (unpaired) electrons. The highest BCUT2D eigenvalue weighted by Gasteiger charge is 2.43. The highest BCUT2D eigenvalue weighted by molar-refractivity contribution is 6.31. The smallest absolute Gasteiger partial charge is 0.316 e. The van der Waals surface area contributed by atoms with Crippen molar-refractivity contribution < 1.29 is 13.9 Å². The fourth-order valence-corrected chi connectivity index (χ4v) is 2.60. The van der Waals surface area contributed by atoms with Crippen LogP contribution in [0.1, 0.15) is 24.5 Å². The van der Waals surface area contributed by atoms with Crippen LogP contribution in [-0.2, 0) is 21.4 Å². The molecule has 2 rings (SSSR count). The Morgan fingerprint density at radius 3 is 2.88 bits per heavy atom. The van der Waals surface area contributed by atoms with E-state index in [-0.39, 0.29) is 5.97 Å². The fourth-order valence-electron chi connectivity index (χ4n) is 2.30. The van der Waals surface area contributed by atoms with Crippen molar-refractivity contribution in [2.24, 2.45) is 0 Å². The lowest BCUT2D eigenvalue weighted by Gasteiger charge is -2.22. The summed E-state index contributed by atoms with van der Waals surface area (Å²) >= 11 is 5.96. The normalized spacial score (nSPS) is 23.0. The molecule has 0 aromatic heterocycles. The van der Waals surface area contributed by atoms with Crippen LogP contribution in [0.15, 0.2) is 12.1 Å². The van der Waals surface area contributed by atoms with Crippen LogP contribution in [0.4, 0.5) is 4.39 Å². The molecule has 1 aliphatic carbocycles. The zero-order valence-corrected chi connectivity index (χ0v) is 9.90. The minimum absolute atomic E-state index is 0.340. The van der Waals surface area contributed by atoms with Gasteiger partial charge in [-0.15, -0.1) is 0 Å². The topological polar surface area (TPSA) is 26.3 Å². The molecule has 0 aliphatic heterocycles. The van der Waals surface area contributed by atoms with Crippen LogP contribution in [0.2, 0.25) is 5.02 Å². The summed E-state index contributed by atoms with van der Waals surface area (Å²) in [5, 5.41) is 0.391. The molecule has 86 valence electrons. The number of fused-ring (bicyclic) bond motifs is 1. The maximum absolute atomic E-state index is 13.3. The number of carbonyl (C=O) groups is 1. The zero-order valence-electron chi connectivity index (χ0n) is 9.14. The third kappa shape index (κ3) is 1.50. The second-order valence-corrected chi connectivity index (χ2v) is 4.64. The summed E-state index contributed by atoms with van der Waals surface area (Å²) in [7, 11) is 1.34. The molecule has 1 atom stereocenters. The van der Waals surface area contributed by atoms with Crippen molar-refractivity contribution in [1.82, 2.24) is 0 Å². The lowest BCUT2D eigenvalue weighted by molar-refractivity contribution is -0.146. The van der Waals surface area contributed by atoms with E-state index in [9.17, 15) is 9.18 Å². The Morgan fingerprint density at radius 2 is 2.25 bits per heavy atom. The molecule has 0 saturated carbocycles. The first kappa shape index (κ1) is 11.4. The van der Waals surface area contributed by atoms with Crippen LogP contribution in [0.25, 0.3) is 0 Å². The van der Waals surface area contributed by atoms with Crippen LogP contribution in [0.5, 0.6) is 0 Å². The summed E-state index contributed by atoms with van der Waals surface area (Å²) in [5.74, 6) is -0.756. The number of rotatable bonds is 1. The Labute approximate surface area is 98.4 Å². The molecular weight excluding hydrogens is 231 g/mol. The Hall–Kier alpha value is -1.09. The third-order valence-electron chi connectivity index (χ3n) is 3.27. The molecule has 0 saturated heterocycles. The number of carbonyl (C=O) groups excluding carboxylic acids is 1. The van der Waals surface area contributed by atoms with Gasteiger partial charge in [0.15, 0.2) is 0 Å². The highest BCUT2D eigenvalue weighted by Crippen LogP contribution is 2.42. The van der Waals surface area contributed by atoms with Gasteiger partial charge in [0.05, 0.1) is 12.5 Å². The average Bonchev–Trinajstić information content (AvgIpc) is 2.57. The van der Waals surface area contributed by atoms with E-state index in [2.05, 4.69) is 0 Å². The van der Waals surface area contributed by atoms with E-state index in [1.165, 1.54) is 19.2 Å². The van der Waals surface area contributed by atoms with Crippen LogP contribution in [-0.4, -0.2) is 13.1 Å². The van der Waals surface area contributed by atoms with Crippen LogP contribution < -0.4 is 0 Å². The van der Waals surface area contributed by atoms with Crippen molar-refractivity contribution in [3.63, 3.8) is 0 Å². The van der Waals surface area contributed by atoms with E-state index < -0.39 is 11.2 Å². The molecule has 0 amide bonds. The molecular formula is C12H12ClFO2. The molecule has 1 unspecified atom stereocenters. The first-order valence-corrected chi connectivity index (χ1v) is 5.43. The Morgan fingerprint density at radius 1 is 1.56 bits per heavy atom. The van der Waals surface area contributed by atoms with Gasteiger partial charge in [0.2, 0.25) is 0 Å². The van der Waals surface area contributed by atoms with Gasteiger partial charge >= 0.3 is 5.97 Å². The molecule has 2 nitrogen and oxygen atoms in total. The van der Waals surface area contributed by atoms with Crippen molar-refractivity contribution in [2.45, 2.75) is 25.2 Å². The SMILES string of the molecule is COC(=O)C1(C)CCc2c(Cl)cc(F)cc21. The molecule has 0 spiro atoms. The van der Waals surface area contributed by atoms with E-state index >= 15 is 0 Å². The van der Waals surface area contributed by atoms with Crippen molar-refractivity contribution in [2.75, 3.05) is 7.11 Å². The largest absolute Gasteiger partial charge is 0.468 e. The van der Waals surface area contributed by atoms with Gasteiger partial charge in [0.25, 0.3) is 0 Å². The number of halogens is 2.